The number of benzene rings is 1. The average Bonchev–Trinajstić information content (AvgIpc) is 2.64. The average molecular weight is 401 g/mol. The molecule has 4 nitrogen and oxygen atoms in total. The van der Waals surface area contributed by atoms with Gasteiger partial charge in [-0.3, -0.25) is 9.59 Å². The number of carbonyl (C=O) groups excluding carboxylic acids is 2. The molecule has 0 spiro atoms. The summed E-state index contributed by atoms with van der Waals surface area (Å²) in [5.41, 5.74) is 0. The molecule has 144 valence electrons. The van der Waals surface area contributed by atoms with Crippen LogP contribution in [0.4, 0.5) is 0 Å². The Balaban J connectivity index is 1.95. The van der Waals surface area contributed by atoms with Crippen LogP contribution >= 0.6 is 23.2 Å². The summed E-state index contributed by atoms with van der Waals surface area (Å²) >= 11 is 12.0. The van der Waals surface area contributed by atoms with Gasteiger partial charge >= 0.3 is 11.9 Å². The van der Waals surface area contributed by atoms with E-state index in [4.69, 9.17) is 32.7 Å². The van der Waals surface area contributed by atoms with Gasteiger partial charge in [0.05, 0.1) is 23.5 Å². The lowest BCUT2D eigenvalue weighted by atomic mass is 9.79. The van der Waals surface area contributed by atoms with Crippen molar-refractivity contribution in [3.8, 4) is 5.75 Å². The minimum atomic E-state index is -0.498. The highest BCUT2D eigenvalue weighted by atomic mass is 35.5. The summed E-state index contributed by atoms with van der Waals surface area (Å²) in [5.74, 6) is -1.45. The molecule has 1 aliphatic rings. The molecule has 1 fully saturated rings. The van der Waals surface area contributed by atoms with E-state index in [0.29, 0.717) is 29.5 Å². The van der Waals surface area contributed by atoms with Crippen molar-refractivity contribution in [2.45, 2.75) is 58.3 Å². The van der Waals surface area contributed by atoms with Crippen LogP contribution in [0.5, 0.6) is 5.75 Å². The molecule has 0 amide bonds. The lowest BCUT2D eigenvalue weighted by molar-refractivity contribution is -0.158. The van der Waals surface area contributed by atoms with E-state index in [9.17, 15) is 9.59 Å². The van der Waals surface area contributed by atoms with Crippen molar-refractivity contribution in [3.05, 3.63) is 28.2 Å². The smallest absolute Gasteiger partial charge is 0.315 e. The zero-order chi connectivity index (χ0) is 18.9. The third-order valence-corrected chi connectivity index (χ3v) is 5.26. The molecule has 2 atom stereocenters. The van der Waals surface area contributed by atoms with E-state index >= 15 is 0 Å². The molecule has 1 aliphatic carbocycles. The van der Waals surface area contributed by atoms with Crippen molar-refractivity contribution in [2.24, 2.45) is 11.8 Å². The van der Waals surface area contributed by atoms with Crippen molar-refractivity contribution in [1.29, 1.82) is 0 Å². The van der Waals surface area contributed by atoms with E-state index in [1.165, 1.54) is 6.07 Å². The van der Waals surface area contributed by atoms with Crippen LogP contribution in [-0.2, 0) is 14.3 Å². The van der Waals surface area contributed by atoms with Crippen molar-refractivity contribution in [2.75, 3.05) is 6.61 Å². The minimum Gasteiger partial charge on any atom is -0.465 e. The van der Waals surface area contributed by atoms with Crippen LogP contribution in [0.2, 0.25) is 10.0 Å². The maximum Gasteiger partial charge on any atom is 0.315 e. The van der Waals surface area contributed by atoms with E-state index in [2.05, 4.69) is 6.92 Å². The molecule has 1 saturated carbocycles. The van der Waals surface area contributed by atoms with Crippen molar-refractivity contribution >= 4 is 35.1 Å². The predicted octanol–water partition coefficient (Wildman–Crippen LogP) is 5.83. The fourth-order valence-electron chi connectivity index (χ4n) is 3.24. The van der Waals surface area contributed by atoms with Gasteiger partial charge < -0.3 is 9.47 Å². The Morgan fingerprint density at radius 1 is 1.04 bits per heavy atom. The summed E-state index contributed by atoms with van der Waals surface area (Å²) in [6.07, 6.45) is 7.25. The summed E-state index contributed by atoms with van der Waals surface area (Å²) in [7, 11) is 0. The second-order valence-electron chi connectivity index (χ2n) is 6.72. The van der Waals surface area contributed by atoms with E-state index in [0.717, 1.165) is 38.5 Å². The predicted molar refractivity (Wildman–Crippen MR) is 103 cm³/mol. The fourth-order valence-corrected chi connectivity index (χ4v) is 3.56. The lowest BCUT2D eigenvalue weighted by Gasteiger charge is -2.28. The summed E-state index contributed by atoms with van der Waals surface area (Å²) in [6.45, 7) is 2.55. The van der Waals surface area contributed by atoms with Crippen molar-refractivity contribution in [3.63, 3.8) is 0 Å². The highest BCUT2D eigenvalue weighted by Crippen LogP contribution is 2.34. The van der Waals surface area contributed by atoms with Crippen molar-refractivity contribution < 1.29 is 19.1 Å². The third-order valence-electron chi connectivity index (χ3n) is 4.72. The minimum absolute atomic E-state index is 0.224. The van der Waals surface area contributed by atoms with Gasteiger partial charge in [0.15, 0.2) is 5.75 Å². The number of esters is 2. The zero-order valence-corrected chi connectivity index (χ0v) is 16.7. The van der Waals surface area contributed by atoms with E-state index in [1.807, 2.05) is 0 Å². The van der Waals surface area contributed by atoms with Crippen LogP contribution in [0, 0.1) is 11.8 Å². The van der Waals surface area contributed by atoms with Crippen LogP contribution in [0.1, 0.15) is 58.3 Å². The number of ether oxygens (including phenoxy) is 2. The summed E-state index contributed by atoms with van der Waals surface area (Å²) in [5, 5.41) is 0.748. The molecule has 6 heteroatoms. The van der Waals surface area contributed by atoms with Gasteiger partial charge in [-0.2, -0.15) is 0 Å². The maximum atomic E-state index is 12.6. The largest absolute Gasteiger partial charge is 0.465 e. The van der Waals surface area contributed by atoms with Gasteiger partial charge in [0.25, 0.3) is 0 Å². The quantitative estimate of drug-likeness (QED) is 0.313. The Hall–Kier alpha value is -1.26. The van der Waals surface area contributed by atoms with Gasteiger partial charge in [0.1, 0.15) is 0 Å². The maximum absolute atomic E-state index is 12.6. The first-order valence-corrected chi connectivity index (χ1v) is 10.1. The van der Waals surface area contributed by atoms with Gasteiger partial charge in [-0.05, 0) is 31.4 Å². The van der Waals surface area contributed by atoms with Gasteiger partial charge in [0.2, 0.25) is 0 Å². The standard InChI is InChI=1S/C20H26Cl2O4/c1-2-3-4-7-12-25-19(23)15-8-5-6-9-16(15)20(24)26-18-13-14(21)10-11-17(18)22/h10-11,13,15-16H,2-9,12H2,1H3. The van der Waals surface area contributed by atoms with E-state index in [1.54, 1.807) is 12.1 Å². The number of carbonyl (C=O) groups is 2. The van der Waals surface area contributed by atoms with E-state index in [-0.39, 0.29) is 11.7 Å². The molecule has 2 unspecified atom stereocenters. The molecule has 26 heavy (non-hydrogen) atoms. The number of unbranched alkanes of at least 4 members (excludes halogenated alkanes) is 3. The van der Waals surface area contributed by atoms with Crippen LogP contribution in [-0.4, -0.2) is 18.5 Å². The summed E-state index contributed by atoms with van der Waals surface area (Å²) < 4.78 is 10.8. The molecule has 0 heterocycles. The number of hydrogen-bond acceptors (Lipinski definition) is 4. The molecule has 0 saturated heterocycles. The van der Waals surface area contributed by atoms with Crippen LogP contribution < -0.4 is 4.74 Å². The Kier molecular flexibility index (Phi) is 8.73. The molecule has 0 N–H and O–H groups in total. The molecule has 1 aromatic carbocycles. The van der Waals surface area contributed by atoms with Gasteiger partial charge in [-0.15, -0.1) is 0 Å². The molecule has 1 aromatic rings. The van der Waals surface area contributed by atoms with Crippen LogP contribution in [0.15, 0.2) is 18.2 Å². The number of halogens is 2. The summed E-state index contributed by atoms with van der Waals surface area (Å²) in [4.78, 5) is 25.1. The third kappa shape index (κ3) is 6.17. The Morgan fingerprint density at radius 2 is 1.73 bits per heavy atom. The second kappa shape index (κ2) is 10.8. The first-order valence-electron chi connectivity index (χ1n) is 9.36. The molecule has 0 radical (unpaired) electrons. The first-order chi connectivity index (χ1) is 12.5. The highest BCUT2D eigenvalue weighted by molar-refractivity contribution is 6.34. The Bertz CT molecular complexity index is 618. The van der Waals surface area contributed by atoms with Crippen LogP contribution in [0.25, 0.3) is 0 Å². The monoisotopic (exact) mass is 400 g/mol. The molecule has 0 aliphatic heterocycles. The number of rotatable bonds is 8. The SMILES string of the molecule is CCCCCCOC(=O)C1CCCCC1C(=O)Oc1cc(Cl)ccc1Cl. The lowest BCUT2D eigenvalue weighted by Crippen LogP contribution is -2.36. The molecule has 0 aromatic heterocycles. The molecule has 2 rings (SSSR count). The van der Waals surface area contributed by atoms with Gasteiger partial charge in [-0.25, -0.2) is 0 Å². The number of hydrogen-bond donors (Lipinski definition) is 0. The zero-order valence-electron chi connectivity index (χ0n) is 15.1. The topological polar surface area (TPSA) is 52.6 Å². The van der Waals surface area contributed by atoms with Gasteiger partial charge in [0, 0.05) is 11.1 Å². The first kappa shape index (κ1) is 21.0. The Labute approximate surface area is 165 Å². The van der Waals surface area contributed by atoms with Crippen molar-refractivity contribution in [1.82, 2.24) is 0 Å². The van der Waals surface area contributed by atoms with Gasteiger partial charge in [-0.1, -0.05) is 62.2 Å². The van der Waals surface area contributed by atoms with E-state index < -0.39 is 17.8 Å². The van der Waals surface area contributed by atoms with Crippen LogP contribution in [0.3, 0.4) is 0 Å². The highest BCUT2D eigenvalue weighted by Gasteiger charge is 2.38. The normalized spacial score (nSPS) is 19.8. The fraction of sp³-hybridized carbons (Fsp3) is 0.600. The summed E-state index contributed by atoms with van der Waals surface area (Å²) in [6, 6.07) is 4.71. The Morgan fingerprint density at radius 3 is 2.42 bits per heavy atom. The molecule has 0 bridgehead atoms. The second-order valence-corrected chi connectivity index (χ2v) is 7.57. The molecular formula is C20H26Cl2O4. The molecular weight excluding hydrogens is 375 g/mol.